The second kappa shape index (κ2) is 5.17. The predicted octanol–water partition coefficient (Wildman–Crippen LogP) is 1.39. The standard InChI is InChI=1S/C14H26N2O2/c1-14(2,3)10-6-7-16(9-10)13(17)12-5-4-11(8-15)18-12/h10-12H,4-9,15H2,1-3H3. The number of rotatable bonds is 2. The van der Waals surface area contributed by atoms with Crippen LogP contribution < -0.4 is 5.73 Å². The molecular formula is C14H26N2O2. The van der Waals surface area contributed by atoms with E-state index in [-0.39, 0.29) is 23.5 Å². The Hall–Kier alpha value is -0.610. The first-order valence-corrected chi connectivity index (χ1v) is 7.06. The van der Waals surface area contributed by atoms with Crippen molar-refractivity contribution in [3.05, 3.63) is 0 Å². The highest BCUT2D eigenvalue weighted by atomic mass is 16.5. The quantitative estimate of drug-likeness (QED) is 0.810. The number of amides is 1. The molecule has 0 aromatic heterocycles. The van der Waals surface area contributed by atoms with E-state index in [1.165, 1.54) is 0 Å². The molecular weight excluding hydrogens is 228 g/mol. The molecule has 0 saturated carbocycles. The lowest BCUT2D eigenvalue weighted by atomic mass is 9.80. The monoisotopic (exact) mass is 254 g/mol. The van der Waals surface area contributed by atoms with Crippen molar-refractivity contribution in [2.45, 2.75) is 52.2 Å². The van der Waals surface area contributed by atoms with E-state index in [9.17, 15) is 4.79 Å². The van der Waals surface area contributed by atoms with Crippen LogP contribution >= 0.6 is 0 Å². The Kier molecular flexibility index (Phi) is 3.97. The average molecular weight is 254 g/mol. The maximum atomic E-state index is 12.3. The van der Waals surface area contributed by atoms with Crippen LogP contribution in [0.25, 0.3) is 0 Å². The van der Waals surface area contributed by atoms with Gasteiger partial charge in [0.15, 0.2) is 0 Å². The summed E-state index contributed by atoms with van der Waals surface area (Å²) in [6.07, 6.45) is 2.71. The van der Waals surface area contributed by atoms with Crippen LogP contribution in [0.1, 0.15) is 40.0 Å². The number of likely N-dealkylation sites (tertiary alicyclic amines) is 1. The highest BCUT2D eigenvalue weighted by molar-refractivity contribution is 5.81. The molecule has 2 N–H and O–H groups in total. The summed E-state index contributed by atoms with van der Waals surface area (Å²) in [5, 5.41) is 0. The minimum atomic E-state index is -0.239. The van der Waals surface area contributed by atoms with Crippen molar-refractivity contribution < 1.29 is 9.53 Å². The van der Waals surface area contributed by atoms with Crippen molar-refractivity contribution in [1.29, 1.82) is 0 Å². The lowest BCUT2D eigenvalue weighted by Crippen LogP contribution is -2.39. The normalized spacial score (nSPS) is 33.1. The molecule has 3 unspecified atom stereocenters. The van der Waals surface area contributed by atoms with Crippen molar-refractivity contribution in [1.82, 2.24) is 4.90 Å². The lowest BCUT2D eigenvalue weighted by Gasteiger charge is -2.27. The lowest BCUT2D eigenvalue weighted by molar-refractivity contribution is -0.141. The van der Waals surface area contributed by atoms with Gasteiger partial charge in [-0.1, -0.05) is 20.8 Å². The molecule has 2 aliphatic rings. The van der Waals surface area contributed by atoms with Gasteiger partial charge in [0.1, 0.15) is 6.10 Å². The Morgan fingerprint density at radius 3 is 2.56 bits per heavy atom. The van der Waals surface area contributed by atoms with Gasteiger partial charge >= 0.3 is 0 Å². The summed E-state index contributed by atoms with van der Waals surface area (Å²) in [7, 11) is 0. The number of hydrogen-bond donors (Lipinski definition) is 1. The molecule has 1 amide bonds. The number of nitrogens with zero attached hydrogens (tertiary/aromatic N) is 1. The molecule has 0 aromatic rings. The van der Waals surface area contributed by atoms with E-state index in [1.807, 2.05) is 4.90 Å². The molecule has 2 heterocycles. The van der Waals surface area contributed by atoms with Crippen molar-refractivity contribution in [3.8, 4) is 0 Å². The van der Waals surface area contributed by atoms with E-state index >= 15 is 0 Å². The summed E-state index contributed by atoms with van der Waals surface area (Å²) in [5.74, 6) is 0.783. The van der Waals surface area contributed by atoms with Crippen molar-refractivity contribution >= 4 is 5.91 Å². The minimum Gasteiger partial charge on any atom is -0.364 e. The van der Waals surface area contributed by atoms with Gasteiger partial charge in [-0.15, -0.1) is 0 Å². The second-order valence-corrected chi connectivity index (χ2v) is 6.70. The van der Waals surface area contributed by atoms with E-state index < -0.39 is 0 Å². The number of nitrogens with two attached hydrogens (primary N) is 1. The van der Waals surface area contributed by atoms with Crippen LogP contribution in [0.15, 0.2) is 0 Å². The van der Waals surface area contributed by atoms with Crippen molar-refractivity contribution in [3.63, 3.8) is 0 Å². The molecule has 2 rings (SSSR count). The topological polar surface area (TPSA) is 55.6 Å². The molecule has 104 valence electrons. The molecule has 2 saturated heterocycles. The number of carbonyl (C=O) groups is 1. The summed E-state index contributed by atoms with van der Waals surface area (Å²) in [6, 6.07) is 0. The largest absolute Gasteiger partial charge is 0.364 e. The summed E-state index contributed by atoms with van der Waals surface area (Å²) >= 11 is 0. The third-order valence-electron chi connectivity index (χ3n) is 4.37. The summed E-state index contributed by atoms with van der Waals surface area (Å²) in [5.41, 5.74) is 5.86. The van der Waals surface area contributed by atoms with Crippen LogP contribution in [0.4, 0.5) is 0 Å². The maximum Gasteiger partial charge on any atom is 0.251 e. The molecule has 2 fully saturated rings. The van der Waals surface area contributed by atoms with Crippen LogP contribution in [-0.2, 0) is 9.53 Å². The SMILES string of the molecule is CC(C)(C)C1CCN(C(=O)C2CCC(CN)O2)C1. The van der Waals surface area contributed by atoms with Gasteiger partial charge in [-0.2, -0.15) is 0 Å². The van der Waals surface area contributed by atoms with Crippen LogP contribution in [0, 0.1) is 11.3 Å². The summed E-state index contributed by atoms with van der Waals surface area (Å²) < 4.78 is 5.69. The molecule has 0 aliphatic carbocycles. The van der Waals surface area contributed by atoms with Gasteiger partial charge in [0.05, 0.1) is 6.10 Å². The maximum absolute atomic E-state index is 12.3. The third kappa shape index (κ3) is 2.86. The van der Waals surface area contributed by atoms with Crippen molar-refractivity contribution in [2.75, 3.05) is 19.6 Å². The third-order valence-corrected chi connectivity index (χ3v) is 4.37. The summed E-state index contributed by atoms with van der Waals surface area (Å²) in [6.45, 7) is 9.05. The highest BCUT2D eigenvalue weighted by Gasteiger charge is 2.38. The number of carbonyl (C=O) groups excluding carboxylic acids is 1. The fourth-order valence-corrected chi connectivity index (χ4v) is 2.93. The van der Waals surface area contributed by atoms with Gasteiger partial charge in [-0.25, -0.2) is 0 Å². The Labute approximate surface area is 110 Å². The first-order valence-electron chi connectivity index (χ1n) is 7.06. The Morgan fingerprint density at radius 2 is 2.06 bits per heavy atom. The summed E-state index contributed by atoms with van der Waals surface area (Å²) in [4.78, 5) is 14.3. The molecule has 4 heteroatoms. The molecule has 4 nitrogen and oxygen atoms in total. The minimum absolute atomic E-state index is 0.0833. The molecule has 0 spiro atoms. The number of hydrogen-bond acceptors (Lipinski definition) is 3. The van der Waals surface area contributed by atoms with Gasteiger partial charge < -0.3 is 15.4 Å². The predicted molar refractivity (Wildman–Crippen MR) is 71.1 cm³/mol. The van der Waals surface area contributed by atoms with Crippen LogP contribution in [0.2, 0.25) is 0 Å². The van der Waals surface area contributed by atoms with Gasteiger partial charge in [0, 0.05) is 19.6 Å². The Balaban J connectivity index is 1.88. The van der Waals surface area contributed by atoms with Crippen molar-refractivity contribution in [2.24, 2.45) is 17.1 Å². The second-order valence-electron chi connectivity index (χ2n) is 6.70. The van der Waals surface area contributed by atoms with E-state index in [0.29, 0.717) is 12.5 Å². The molecule has 2 aliphatic heterocycles. The molecule has 0 bridgehead atoms. The van der Waals surface area contributed by atoms with E-state index in [4.69, 9.17) is 10.5 Å². The van der Waals surface area contributed by atoms with Crippen LogP contribution in [0.5, 0.6) is 0 Å². The zero-order valence-corrected chi connectivity index (χ0v) is 11.8. The fourth-order valence-electron chi connectivity index (χ4n) is 2.93. The number of ether oxygens (including phenoxy) is 1. The van der Waals surface area contributed by atoms with E-state index in [0.717, 1.165) is 32.4 Å². The smallest absolute Gasteiger partial charge is 0.251 e. The molecule has 0 aromatic carbocycles. The van der Waals surface area contributed by atoms with E-state index in [2.05, 4.69) is 20.8 Å². The first kappa shape index (κ1) is 13.8. The zero-order chi connectivity index (χ0) is 13.3. The van der Waals surface area contributed by atoms with Crippen LogP contribution in [0.3, 0.4) is 0 Å². The molecule has 0 radical (unpaired) electrons. The fraction of sp³-hybridized carbons (Fsp3) is 0.929. The van der Waals surface area contributed by atoms with Gasteiger partial charge in [-0.3, -0.25) is 4.79 Å². The Morgan fingerprint density at radius 1 is 1.33 bits per heavy atom. The van der Waals surface area contributed by atoms with Gasteiger partial charge in [0.25, 0.3) is 5.91 Å². The molecule has 3 atom stereocenters. The highest BCUT2D eigenvalue weighted by Crippen LogP contribution is 2.34. The Bertz CT molecular complexity index is 311. The average Bonchev–Trinajstić information content (AvgIpc) is 2.96. The van der Waals surface area contributed by atoms with Gasteiger partial charge in [0.2, 0.25) is 0 Å². The first-order chi connectivity index (χ1) is 8.41. The zero-order valence-electron chi connectivity index (χ0n) is 11.8. The van der Waals surface area contributed by atoms with E-state index in [1.54, 1.807) is 0 Å². The van der Waals surface area contributed by atoms with Crippen LogP contribution in [-0.4, -0.2) is 42.6 Å². The van der Waals surface area contributed by atoms with Gasteiger partial charge in [-0.05, 0) is 30.6 Å². The molecule has 18 heavy (non-hydrogen) atoms.